The van der Waals surface area contributed by atoms with E-state index in [1.807, 2.05) is 9.80 Å². The highest BCUT2D eigenvalue weighted by molar-refractivity contribution is 6.06. The molecule has 2 aliphatic rings. The Morgan fingerprint density at radius 2 is 1.68 bits per heavy atom. The standard InChI is InChI=1S/C28H29F4N5O/c1-16-10-17(33)15-37(14-16)24-6-7-34-13-23(24)35-28(38)19-4-5-20(29)26(27(19)32)25-21(30)11-18(12-22(25)31)36-8-2-3-9-36/h4-7,11-13,16-17H,2-3,8-10,14-15,33H2,1H3,(H,35,38)/t16-,17+/m1/s1. The van der Waals surface area contributed by atoms with Crippen molar-refractivity contribution < 1.29 is 22.4 Å². The molecule has 0 radical (unpaired) electrons. The summed E-state index contributed by atoms with van der Waals surface area (Å²) in [4.78, 5) is 21.1. The molecule has 2 saturated heterocycles. The summed E-state index contributed by atoms with van der Waals surface area (Å²) in [6.07, 6.45) is 5.67. The van der Waals surface area contributed by atoms with Crippen LogP contribution in [0.1, 0.15) is 36.5 Å². The molecule has 10 heteroatoms. The Morgan fingerprint density at radius 3 is 2.37 bits per heavy atom. The highest BCUT2D eigenvalue weighted by atomic mass is 19.1. The van der Waals surface area contributed by atoms with Crippen molar-refractivity contribution in [3.8, 4) is 11.1 Å². The third kappa shape index (κ3) is 5.05. The van der Waals surface area contributed by atoms with Crippen LogP contribution in [0.2, 0.25) is 0 Å². The summed E-state index contributed by atoms with van der Waals surface area (Å²) in [5, 5.41) is 2.63. The van der Waals surface area contributed by atoms with Gasteiger partial charge in [0.1, 0.15) is 23.3 Å². The molecule has 0 unspecified atom stereocenters. The van der Waals surface area contributed by atoms with Crippen molar-refractivity contribution in [2.24, 2.45) is 11.7 Å². The molecule has 1 amide bonds. The summed E-state index contributed by atoms with van der Waals surface area (Å²) < 4.78 is 60.6. The molecule has 200 valence electrons. The van der Waals surface area contributed by atoms with Gasteiger partial charge in [0.05, 0.1) is 34.3 Å². The van der Waals surface area contributed by atoms with E-state index in [2.05, 4.69) is 17.2 Å². The van der Waals surface area contributed by atoms with E-state index in [9.17, 15) is 9.18 Å². The number of nitrogens with zero attached hydrogens (tertiary/aromatic N) is 3. The van der Waals surface area contributed by atoms with Gasteiger partial charge in [-0.25, -0.2) is 17.6 Å². The van der Waals surface area contributed by atoms with E-state index >= 15 is 13.2 Å². The summed E-state index contributed by atoms with van der Waals surface area (Å²) in [5.41, 5.74) is 5.13. The van der Waals surface area contributed by atoms with Crippen LogP contribution >= 0.6 is 0 Å². The van der Waals surface area contributed by atoms with Gasteiger partial charge in [-0.2, -0.15) is 0 Å². The fourth-order valence-corrected chi connectivity index (χ4v) is 5.46. The minimum Gasteiger partial charge on any atom is -0.371 e. The number of rotatable bonds is 5. The molecule has 2 atom stereocenters. The van der Waals surface area contributed by atoms with Gasteiger partial charge < -0.3 is 20.9 Å². The number of carbonyl (C=O) groups excluding carboxylic acids is 1. The average molecular weight is 528 g/mol. The molecule has 0 aliphatic carbocycles. The van der Waals surface area contributed by atoms with E-state index in [-0.39, 0.29) is 6.04 Å². The van der Waals surface area contributed by atoms with E-state index in [1.165, 1.54) is 6.20 Å². The molecule has 3 heterocycles. The zero-order chi connectivity index (χ0) is 27.0. The lowest BCUT2D eigenvalue weighted by Crippen LogP contribution is -2.46. The van der Waals surface area contributed by atoms with E-state index < -0.39 is 45.9 Å². The van der Waals surface area contributed by atoms with Crippen LogP contribution in [-0.4, -0.2) is 43.1 Å². The van der Waals surface area contributed by atoms with Gasteiger partial charge in [-0.1, -0.05) is 6.92 Å². The van der Waals surface area contributed by atoms with E-state index in [0.29, 0.717) is 49.2 Å². The quantitative estimate of drug-likeness (QED) is 0.439. The maximum absolute atomic E-state index is 15.6. The number of anilines is 3. The SMILES string of the molecule is C[C@@H]1C[C@H](N)CN(c2ccncc2NC(=O)c2ccc(F)c(-c3c(F)cc(N4CCCC4)cc3F)c2F)C1. The topological polar surface area (TPSA) is 74.5 Å². The first-order chi connectivity index (χ1) is 18.2. The molecule has 5 rings (SSSR count). The van der Waals surface area contributed by atoms with Crippen LogP contribution in [0, 0.1) is 29.2 Å². The minimum absolute atomic E-state index is 0.0470. The number of halogens is 4. The van der Waals surface area contributed by atoms with Crippen molar-refractivity contribution in [2.75, 3.05) is 41.3 Å². The molecule has 2 fully saturated rings. The Hall–Kier alpha value is -3.66. The molecule has 3 aromatic rings. The number of hydrogen-bond acceptors (Lipinski definition) is 5. The highest BCUT2D eigenvalue weighted by Crippen LogP contribution is 2.36. The summed E-state index contributed by atoms with van der Waals surface area (Å²) in [6.45, 7) is 4.65. The summed E-state index contributed by atoms with van der Waals surface area (Å²) >= 11 is 0. The van der Waals surface area contributed by atoms with Gasteiger partial charge in [-0.3, -0.25) is 9.78 Å². The number of amides is 1. The smallest absolute Gasteiger partial charge is 0.258 e. The molecule has 38 heavy (non-hydrogen) atoms. The number of nitrogens with two attached hydrogens (primary N) is 1. The Labute approximate surface area is 218 Å². The molecule has 2 aromatic carbocycles. The minimum atomic E-state index is -1.35. The van der Waals surface area contributed by atoms with Crippen molar-refractivity contribution in [1.82, 2.24) is 4.98 Å². The van der Waals surface area contributed by atoms with E-state index in [4.69, 9.17) is 5.73 Å². The first-order valence-electron chi connectivity index (χ1n) is 12.7. The molecule has 2 aliphatic heterocycles. The second kappa shape index (κ2) is 10.6. The fourth-order valence-electron chi connectivity index (χ4n) is 5.46. The highest BCUT2D eigenvalue weighted by Gasteiger charge is 2.28. The average Bonchev–Trinajstić information content (AvgIpc) is 3.40. The van der Waals surface area contributed by atoms with Gasteiger partial charge in [0.25, 0.3) is 5.91 Å². The van der Waals surface area contributed by atoms with Crippen molar-refractivity contribution in [2.45, 2.75) is 32.2 Å². The van der Waals surface area contributed by atoms with Gasteiger partial charge in [0.15, 0.2) is 0 Å². The molecule has 1 aromatic heterocycles. The number of hydrogen-bond donors (Lipinski definition) is 2. The first-order valence-corrected chi connectivity index (χ1v) is 12.7. The number of carbonyl (C=O) groups is 1. The Bertz CT molecular complexity index is 1330. The molecular formula is C28H29F4N5O. The van der Waals surface area contributed by atoms with E-state index in [0.717, 1.165) is 43.5 Å². The molecule has 0 bridgehead atoms. The normalized spacial score (nSPS) is 19.6. The maximum atomic E-state index is 15.6. The first kappa shape index (κ1) is 26.0. The predicted octanol–water partition coefficient (Wildman–Crippen LogP) is 5.33. The van der Waals surface area contributed by atoms with Gasteiger partial charge >= 0.3 is 0 Å². The van der Waals surface area contributed by atoms with Crippen LogP contribution in [0.25, 0.3) is 11.1 Å². The largest absolute Gasteiger partial charge is 0.371 e. The van der Waals surface area contributed by atoms with E-state index in [1.54, 1.807) is 12.3 Å². The maximum Gasteiger partial charge on any atom is 0.258 e. The Kier molecular flexibility index (Phi) is 7.25. The van der Waals surface area contributed by atoms with Crippen LogP contribution in [0.3, 0.4) is 0 Å². The third-order valence-corrected chi connectivity index (χ3v) is 7.16. The monoisotopic (exact) mass is 527 g/mol. The summed E-state index contributed by atoms with van der Waals surface area (Å²) in [6, 6.07) is 5.60. The molecular weight excluding hydrogens is 498 g/mol. The van der Waals surface area contributed by atoms with Gasteiger partial charge in [-0.15, -0.1) is 0 Å². The third-order valence-electron chi connectivity index (χ3n) is 7.16. The van der Waals surface area contributed by atoms with Gasteiger partial charge in [0, 0.05) is 44.1 Å². The second-order valence-corrected chi connectivity index (χ2v) is 10.1. The number of pyridine rings is 1. The number of benzene rings is 2. The summed E-state index contributed by atoms with van der Waals surface area (Å²) in [7, 11) is 0. The number of piperidine rings is 1. The number of nitrogens with one attached hydrogen (secondary N) is 1. The van der Waals surface area contributed by atoms with Crippen LogP contribution in [0.4, 0.5) is 34.6 Å². The molecule has 3 N–H and O–H groups in total. The van der Waals surface area contributed by atoms with Crippen molar-refractivity contribution in [1.29, 1.82) is 0 Å². The fraction of sp³-hybridized carbons (Fsp3) is 0.357. The van der Waals surface area contributed by atoms with Crippen molar-refractivity contribution >= 4 is 23.0 Å². The Morgan fingerprint density at radius 1 is 0.974 bits per heavy atom. The van der Waals surface area contributed by atoms with Crippen LogP contribution in [0.5, 0.6) is 0 Å². The van der Waals surface area contributed by atoms with Gasteiger partial charge in [-0.05, 0) is 55.5 Å². The molecule has 0 saturated carbocycles. The lowest BCUT2D eigenvalue weighted by molar-refractivity contribution is 0.102. The predicted molar refractivity (Wildman–Crippen MR) is 139 cm³/mol. The lowest BCUT2D eigenvalue weighted by Gasteiger charge is -2.37. The van der Waals surface area contributed by atoms with Crippen molar-refractivity contribution in [3.05, 3.63) is 71.6 Å². The number of aromatic nitrogens is 1. The zero-order valence-corrected chi connectivity index (χ0v) is 21.0. The lowest BCUT2D eigenvalue weighted by atomic mass is 9.96. The second-order valence-electron chi connectivity index (χ2n) is 10.1. The molecule has 6 nitrogen and oxygen atoms in total. The van der Waals surface area contributed by atoms with Crippen molar-refractivity contribution in [3.63, 3.8) is 0 Å². The van der Waals surface area contributed by atoms with Gasteiger partial charge in [0.2, 0.25) is 0 Å². The Balaban J connectivity index is 1.47. The molecule has 0 spiro atoms. The van der Waals surface area contributed by atoms with Crippen LogP contribution in [-0.2, 0) is 0 Å². The van der Waals surface area contributed by atoms with Crippen LogP contribution < -0.4 is 20.9 Å². The zero-order valence-electron chi connectivity index (χ0n) is 21.0. The summed E-state index contributed by atoms with van der Waals surface area (Å²) in [5.74, 6) is -5.31. The van der Waals surface area contributed by atoms with Crippen LogP contribution in [0.15, 0.2) is 42.7 Å².